The molecular weight excluding hydrogens is 320 g/mol. The first-order valence-corrected chi connectivity index (χ1v) is 8.38. The van der Waals surface area contributed by atoms with E-state index in [1.807, 2.05) is 23.2 Å². The van der Waals surface area contributed by atoms with Crippen LogP contribution in [0.1, 0.15) is 22.3 Å². The predicted molar refractivity (Wildman–Crippen MR) is 90.7 cm³/mol. The van der Waals surface area contributed by atoms with E-state index in [1.54, 1.807) is 31.5 Å². The summed E-state index contributed by atoms with van der Waals surface area (Å²) < 4.78 is 16.3. The number of pyridine rings is 1. The molecule has 2 atom stereocenters. The summed E-state index contributed by atoms with van der Waals surface area (Å²) in [6, 6.07) is 9.27. The van der Waals surface area contributed by atoms with Gasteiger partial charge in [-0.2, -0.15) is 0 Å². The number of rotatable bonds is 4. The number of nitrogens with zero attached hydrogens (tertiary/aromatic N) is 2. The largest absolute Gasteiger partial charge is 0.454 e. The van der Waals surface area contributed by atoms with Crippen molar-refractivity contribution in [1.29, 1.82) is 0 Å². The number of benzene rings is 1. The van der Waals surface area contributed by atoms with Gasteiger partial charge in [-0.15, -0.1) is 0 Å². The molecule has 130 valence electrons. The molecule has 6 heteroatoms. The lowest BCUT2D eigenvalue weighted by molar-refractivity contribution is 0.0508. The molecule has 0 bridgehead atoms. The molecule has 1 saturated heterocycles. The van der Waals surface area contributed by atoms with E-state index in [0.717, 1.165) is 18.4 Å². The number of fused-ring (bicyclic) bond motifs is 1. The molecule has 0 saturated carbocycles. The van der Waals surface area contributed by atoms with Gasteiger partial charge in [0, 0.05) is 31.6 Å². The number of likely N-dealkylation sites (tertiary alicyclic amines) is 1. The molecule has 1 aromatic carbocycles. The topological polar surface area (TPSA) is 60.9 Å². The molecule has 1 amide bonds. The van der Waals surface area contributed by atoms with E-state index in [9.17, 15) is 4.79 Å². The molecule has 1 aromatic heterocycles. The molecule has 0 spiro atoms. The van der Waals surface area contributed by atoms with E-state index in [0.29, 0.717) is 23.6 Å². The zero-order valence-corrected chi connectivity index (χ0v) is 14.1. The Balaban J connectivity index is 1.57. The van der Waals surface area contributed by atoms with Crippen LogP contribution < -0.4 is 9.47 Å². The Bertz CT molecular complexity index is 765. The quantitative estimate of drug-likeness (QED) is 0.854. The maximum absolute atomic E-state index is 13.1. The SMILES string of the molecule is CO[C@@H]1CCN(C(=O)c2ccc3c(c2)OCO3)[C@H]1Cc1cccnc1. The average Bonchev–Trinajstić information content (AvgIpc) is 3.28. The maximum Gasteiger partial charge on any atom is 0.254 e. The highest BCUT2D eigenvalue weighted by Gasteiger charge is 2.37. The van der Waals surface area contributed by atoms with Gasteiger partial charge in [0.1, 0.15) is 0 Å². The van der Waals surface area contributed by atoms with Crippen molar-refractivity contribution < 1.29 is 19.0 Å². The highest BCUT2D eigenvalue weighted by molar-refractivity contribution is 5.95. The number of carbonyl (C=O) groups excluding carboxylic acids is 1. The van der Waals surface area contributed by atoms with E-state index in [2.05, 4.69) is 4.98 Å². The second-order valence-corrected chi connectivity index (χ2v) is 6.26. The fourth-order valence-electron chi connectivity index (χ4n) is 3.55. The van der Waals surface area contributed by atoms with Crippen molar-refractivity contribution in [2.75, 3.05) is 20.4 Å². The Hall–Kier alpha value is -2.60. The van der Waals surface area contributed by atoms with E-state index in [4.69, 9.17) is 14.2 Å². The molecule has 2 aliphatic rings. The third-order valence-electron chi connectivity index (χ3n) is 4.83. The van der Waals surface area contributed by atoms with Crippen molar-refractivity contribution in [3.63, 3.8) is 0 Å². The third kappa shape index (κ3) is 3.05. The Morgan fingerprint density at radius 3 is 3.00 bits per heavy atom. The molecule has 3 heterocycles. The van der Waals surface area contributed by atoms with Gasteiger partial charge in [-0.3, -0.25) is 9.78 Å². The molecular formula is C19H20N2O4. The summed E-state index contributed by atoms with van der Waals surface area (Å²) >= 11 is 0. The summed E-state index contributed by atoms with van der Waals surface area (Å²) in [6.45, 7) is 0.878. The van der Waals surface area contributed by atoms with Crippen LogP contribution in [0.4, 0.5) is 0 Å². The highest BCUT2D eigenvalue weighted by atomic mass is 16.7. The van der Waals surface area contributed by atoms with Crippen LogP contribution in [0.3, 0.4) is 0 Å². The summed E-state index contributed by atoms with van der Waals surface area (Å²) in [7, 11) is 1.70. The Morgan fingerprint density at radius 2 is 2.20 bits per heavy atom. The monoisotopic (exact) mass is 340 g/mol. The van der Waals surface area contributed by atoms with Gasteiger partial charge in [0.2, 0.25) is 6.79 Å². The normalized spacial score (nSPS) is 21.6. The first kappa shape index (κ1) is 15.9. The van der Waals surface area contributed by atoms with Gasteiger partial charge in [0.15, 0.2) is 11.5 Å². The first-order valence-electron chi connectivity index (χ1n) is 8.38. The Morgan fingerprint density at radius 1 is 1.32 bits per heavy atom. The fraction of sp³-hybridized carbons (Fsp3) is 0.368. The van der Waals surface area contributed by atoms with Gasteiger partial charge >= 0.3 is 0 Å². The van der Waals surface area contributed by atoms with Crippen LogP contribution in [0.15, 0.2) is 42.7 Å². The summed E-state index contributed by atoms with van der Waals surface area (Å²) in [4.78, 5) is 19.1. The van der Waals surface area contributed by atoms with Crippen LogP contribution in [0.5, 0.6) is 11.5 Å². The van der Waals surface area contributed by atoms with E-state index in [-0.39, 0.29) is 24.8 Å². The lowest BCUT2D eigenvalue weighted by Crippen LogP contribution is -2.41. The summed E-state index contributed by atoms with van der Waals surface area (Å²) in [5.41, 5.74) is 1.71. The van der Waals surface area contributed by atoms with Crippen LogP contribution in [-0.2, 0) is 11.2 Å². The van der Waals surface area contributed by atoms with E-state index >= 15 is 0 Å². The minimum atomic E-state index is -0.00765. The van der Waals surface area contributed by atoms with Crippen LogP contribution in [0.2, 0.25) is 0 Å². The Labute approximate surface area is 146 Å². The first-order chi connectivity index (χ1) is 12.3. The Kier molecular flexibility index (Phi) is 4.28. The summed E-state index contributed by atoms with van der Waals surface area (Å²) in [5.74, 6) is 1.29. The van der Waals surface area contributed by atoms with Crippen molar-refractivity contribution in [3.8, 4) is 11.5 Å². The highest BCUT2D eigenvalue weighted by Crippen LogP contribution is 2.34. The van der Waals surface area contributed by atoms with Crippen molar-refractivity contribution >= 4 is 5.91 Å². The maximum atomic E-state index is 13.1. The third-order valence-corrected chi connectivity index (χ3v) is 4.83. The number of ether oxygens (including phenoxy) is 3. The second-order valence-electron chi connectivity index (χ2n) is 6.26. The zero-order valence-electron chi connectivity index (χ0n) is 14.1. The fourth-order valence-corrected chi connectivity index (χ4v) is 3.55. The van der Waals surface area contributed by atoms with Crippen LogP contribution in [0.25, 0.3) is 0 Å². The molecule has 0 radical (unpaired) electrons. The van der Waals surface area contributed by atoms with Gasteiger partial charge in [-0.1, -0.05) is 6.07 Å². The summed E-state index contributed by atoms with van der Waals surface area (Å²) in [6.07, 6.45) is 5.18. The van der Waals surface area contributed by atoms with Crippen molar-refractivity contribution in [2.24, 2.45) is 0 Å². The van der Waals surface area contributed by atoms with Gasteiger partial charge < -0.3 is 19.1 Å². The molecule has 1 fully saturated rings. The standard InChI is InChI=1S/C19H20N2O4/c1-23-16-6-8-21(15(16)9-13-3-2-7-20-11-13)19(22)14-4-5-17-18(10-14)25-12-24-17/h2-5,7,10-11,15-16H,6,8-9,12H2,1H3/t15-,16+/m0/s1. The molecule has 0 N–H and O–H groups in total. The van der Waals surface area contributed by atoms with Crippen molar-refractivity contribution in [3.05, 3.63) is 53.9 Å². The van der Waals surface area contributed by atoms with E-state index < -0.39 is 0 Å². The predicted octanol–water partition coefficient (Wildman–Crippen LogP) is 2.28. The minimum absolute atomic E-state index is 0.00729. The lowest BCUT2D eigenvalue weighted by Gasteiger charge is -2.28. The van der Waals surface area contributed by atoms with Crippen LogP contribution in [0, 0.1) is 0 Å². The van der Waals surface area contributed by atoms with Crippen molar-refractivity contribution in [1.82, 2.24) is 9.88 Å². The van der Waals surface area contributed by atoms with Gasteiger partial charge in [-0.25, -0.2) is 0 Å². The number of hydrogen-bond donors (Lipinski definition) is 0. The molecule has 2 aliphatic heterocycles. The zero-order chi connectivity index (χ0) is 17.2. The second kappa shape index (κ2) is 6.72. The van der Waals surface area contributed by atoms with Crippen LogP contribution in [-0.4, -0.2) is 48.4 Å². The van der Waals surface area contributed by atoms with Gasteiger partial charge in [0.25, 0.3) is 5.91 Å². The molecule has 6 nitrogen and oxygen atoms in total. The number of methoxy groups -OCH3 is 1. The summed E-state index contributed by atoms with van der Waals surface area (Å²) in [5, 5.41) is 0. The number of aromatic nitrogens is 1. The lowest BCUT2D eigenvalue weighted by atomic mass is 10.0. The average molecular weight is 340 g/mol. The van der Waals surface area contributed by atoms with E-state index in [1.165, 1.54) is 0 Å². The molecule has 0 aliphatic carbocycles. The van der Waals surface area contributed by atoms with Crippen molar-refractivity contribution in [2.45, 2.75) is 25.0 Å². The smallest absolute Gasteiger partial charge is 0.254 e. The number of carbonyl (C=O) groups is 1. The molecule has 0 unspecified atom stereocenters. The van der Waals surface area contributed by atoms with Gasteiger partial charge in [0.05, 0.1) is 12.1 Å². The van der Waals surface area contributed by atoms with Gasteiger partial charge in [-0.05, 0) is 42.7 Å². The minimum Gasteiger partial charge on any atom is -0.454 e. The number of hydrogen-bond acceptors (Lipinski definition) is 5. The molecule has 2 aromatic rings. The number of amides is 1. The van der Waals surface area contributed by atoms with Crippen LogP contribution >= 0.6 is 0 Å². The molecule has 25 heavy (non-hydrogen) atoms. The molecule has 4 rings (SSSR count).